The van der Waals surface area contributed by atoms with Crippen molar-refractivity contribution in [3.63, 3.8) is 0 Å². The summed E-state index contributed by atoms with van der Waals surface area (Å²) in [5.41, 5.74) is 1.96. The lowest BCUT2D eigenvalue weighted by atomic mass is 10.1. The Bertz CT molecular complexity index is 536. The summed E-state index contributed by atoms with van der Waals surface area (Å²) < 4.78 is 32.8. The minimum absolute atomic E-state index is 0.148. The van der Waals surface area contributed by atoms with Gasteiger partial charge in [-0.25, -0.2) is 13.1 Å². The van der Waals surface area contributed by atoms with Crippen LogP contribution in [0.1, 0.15) is 38.3 Å². The second-order valence-corrected chi connectivity index (χ2v) is 6.69. The van der Waals surface area contributed by atoms with E-state index in [2.05, 4.69) is 4.72 Å². The smallest absolute Gasteiger partial charge is 0.244 e. The maximum absolute atomic E-state index is 12.3. The fraction of sp³-hybridized carbons (Fsp3) is 0.571. The summed E-state index contributed by atoms with van der Waals surface area (Å²) in [7, 11) is -3.53. The molecule has 0 bridgehead atoms. The van der Waals surface area contributed by atoms with Crippen LogP contribution >= 0.6 is 0 Å². The minimum Gasteiger partial charge on any atom is -0.492 e. The molecule has 0 aliphatic heterocycles. The van der Waals surface area contributed by atoms with Crippen LogP contribution in [0.4, 0.5) is 0 Å². The second kappa shape index (κ2) is 6.39. The van der Waals surface area contributed by atoms with Gasteiger partial charge in [-0.3, -0.25) is 0 Å². The third-order valence-electron chi connectivity index (χ3n) is 2.70. The lowest BCUT2D eigenvalue weighted by Gasteiger charge is -2.16. The Morgan fingerprint density at radius 1 is 1.21 bits per heavy atom. The van der Waals surface area contributed by atoms with Gasteiger partial charge >= 0.3 is 0 Å². The van der Waals surface area contributed by atoms with Crippen LogP contribution in [0, 0.1) is 13.8 Å². The van der Waals surface area contributed by atoms with E-state index in [-0.39, 0.29) is 10.9 Å². The highest BCUT2D eigenvalue weighted by Crippen LogP contribution is 2.27. The summed E-state index contributed by atoms with van der Waals surface area (Å²) in [6, 6.07) is 3.32. The van der Waals surface area contributed by atoms with E-state index in [0.29, 0.717) is 12.4 Å². The average molecular weight is 285 g/mol. The van der Waals surface area contributed by atoms with Crippen LogP contribution in [0.25, 0.3) is 0 Å². The van der Waals surface area contributed by atoms with Crippen molar-refractivity contribution >= 4 is 10.0 Å². The molecule has 0 saturated heterocycles. The largest absolute Gasteiger partial charge is 0.492 e. The minimum atomic E-state index is -3.53. The number of hydrogen-bond donors (Lipinski definition) is 1. The zero-order chi connectivity index (χ0) is 14.6. The molecule has 0 radical (unpaired) electrons. The topological polar surface area (TPSA) is 55.4 Å². The number of rotatable bonds is 6. The lowest BCUT2D eigenvalue weighted by Crippen LogP contribution is -2.30. The third-order valence-corrected chi connectivity index (χ3v) is 4.38. The first-order valence-electron chi connectivity index (χ1n) is 6.54. The number of aryl methyl sites for hydroxylation is 2. The first-order chi connectivity index (χ1) is 8.77. The molecular weight excluding hydrogens is 262 g/mol. The van der Waals surface area contributed by atoms with Crippen LogP contribution in [0.2, 0.25) is 0 Å². The van der Waals surface area contributed by atoms with Gasteiger partial charge < -0.3 is 4.74 Å². The van der Waals surface area contributed by atoms with Crippen molar-refractivity contribution in [3.05, 3.63) is 23.3 Å². The number of benzene rings is 1. The summed E-state index contributed by atoms with van der Waals surface area (Å²) in [4.78, 5) is 0.220. The van der Waals surface area contributed by atoms with E-state index < -0.39 is 10.0 Å². The molecule has 0 aliphatic carbocycles. The van der Waals surface area contributed by atoms with Gasteiger partial charge in [-0.1, -0.05) is 6.92 Å². The number of ether oxygens (including phenoxy) is 1. The summed E-state index contributed by atoms with van der Waals surface area (Å²) in [5.74, 6) is 0.429. The van der Waals surface area contributed by atoms with E-state index in [1.165, 1.54) is 0 Å². The standard InChI is InChI=1S/C14H23NO3S/c1-6-7-18-13-8-11(4)12(5)9-14(13)19(16,17)15-10(2)3/h8-10,15H,6-7H2,1-5H3. The highest BCUT2D eigenvalue weighted by molar-refractivity contribution is 7.89. The predicted octanol–water partition coefficient (Wildman–Crippen LogP) is 2.78. The Hall–Kier alpha value is -1.07. The van der Waals surface area contributed by atoms with Gasteiger partial charge in [0.1, 0.15) is 10.6 Å². The molecule has 0 spiro atoms. The van der Waals surface area contributed by atoms with Gasteiger partial charge in [0.2, 0.25) is 10.0 Å². The van der Waals surface area contributed by atoms with Gasteiger partial charge in [-0.15, -0.1) is 0 Å². The van der Waals surface area contributed by atoms with Crippen LogP contribution in [0.5, 0.6) is 5.75 Å². The third kappa shape index (κ3) is 4.21. The van der Waals surface area contributed by atoms with Gasteiger partial charge in [-0.05, 0) is 57.4 Å². The lowest BCUT2D eigenvalue weighted by molar-refractivity contribution is 0.308. The fourth-order valence-electron chi connectivity index (χ4n) is 1.67. The van der Waals surface area contributed by atoms with E-state index in [1.807, 2.05) is 20.8 Å². The summed E-state index contributed by atoms with van der Waals surface area (Å²) in [6.07, 6.45) is 0.837. The van der Waals surface area contributed by atoms with E-state index in [1.54, 1.807) is 26.0 Å². The van der Waals surface area contributed by atoms with Gasteiger partial charge in [0.15, 0.2) is 0 Å². The maximum atomic E-state index is 12.3. The Kier molecular flexibility index (Phi) is 5.38. The molecule has 0 aliphatic rings. The first kappa shape index (κ1) is 16.0. The molecule has 108 valence electrons. The molecule has 0 unspecified atom stereocenters. The molecule has 0 atom stereocenters. The highest BCUT2D eigenvalue weighted by atomic mass is 32.2. The Labute approximate surface area is 116 Å². The van der Waals surface area contributed by atoms with Gasteiger partial charge in [-0.2, -0.15) is 0 Å². The summed E-state index contributed by atoms with van der Waals surface area (Å²) in [5, 5.41) is 0. The van der Waals surface area contributed by atoms with Crippen molar-refractivity contribution < 1.29 is 13.2 Å². The normalized spacial score (nSPS) is 11.9. The molecule has 1 N–H and O–H groups in total. The van der Waals surface area contributed by atoms with Crippen LogP contribution < -0.4 is 9.46 Å². The molecule has 5 heteroatoms. The second-order valence-electron chi connectivity index (χ2n) is 5.01. The van der Waals surface area contributed by atoms with Crippen LogP contribution in [-0.4, -0.2) is 21.1 Å². The maximum Gasteiger partial charge on any atom is 0.244 e. The van der Waals surface area contributed by atoms with E-state index in [9.17, 15) is 8.42 Å². The quantitative estimate of drug-likeness (QED) is 0.874. The number of hydrogen-bond acceptors (Lipinski definition) is 3. The molecule has 0 aromatic heterocycles. The number of sulfonamides is 1. The zero-order valence-electron chi connectivity index (χ0n) is 12.3. The fourth-order valence-corrected chi connectivity index (χ4v) is 3.13. The molecule has 1 rings (SSSR count). The van der Waals surface area contributed by atoms with Crippen molar-refractivity contribution in [2.45, 2.75) is 52.0 Å². The average Bonchev–Trinajstić information content (AvgIpc) is 2.28. The van der Waals surface area contributed by atoms with Gasteiger partial charge in [0, 0.05) is 6.04 Å². The summed E-state index contributed by atoms with van der Waals surface area (Å²) >= 11 is 0. The van der Waals surface area contributed by atoms with Gasteiger partial charge in [0.25, 0.3) is 0 Å². The van der Waals surface area contributed by atoms with Crippen molar-refractivity contribution in [2.75, 3.05) is 6.61 Å². The summed E-state index contributed by atoms with van der Waals surface area (Å²) in [6.45, 7) is 9.93. The van der Waals surface area contributed by atoms with Crippen molar-refractivity contribution in [1.29, 1.82) is 0 Å². The Morgan fingerprint density at radius 3 is 2.32 bits per heavy atom. The first-order valence-corrected chi connectivity index (χ1v) is 8.02. The molecule has 1 aromatic carbocycles. The van der Waals surface area contributed by atoms with Crippen molar-refractivity contribution in [2.24, 2.45) is 0 Å². The van der Waals surface area contributed by atoms with Gasteiger partial charge in [0.05, 0.1) is 6.61 Å². The molecular formula is C14H23NO3S. The highest BCUT2D eigenvalue weighted by Gasteiger charge is 2.21. The molecule has 19 heavy (non-hydrogen) atoms. The molecule has 0 fully saturated rings. The monoisotopic (exact) mass is 285 g/mol. The van der Waals surface area contributed by atoms with Crippen molar-refractivity contribution in [3.8, 4) is 5.75 Å². The predicted molar refractivity (Wildman–Crippen MR) is 77.2 cm³/mol. The molecule has 0 saturated carbocycles. The Balaban J connectivity index is 3.27. The van der Waals surface area contributed by atoms with Crippen LogP contribution in [-0.2, 0) is 10.0 Å². The van der Waals surface area contributed by atoms with E-state index in [4.69, 9.17) is 4.74 Å². The van der Waals surface area contributed by atoms with E-state index in [0.717, 1.165) is 17.5 Å². The molecule has 0 amide bonds. The van der Waals surface area contributed by atoms with Crippen LogP contribution in [0.15, 0.2) is 17.0 Å². The molecule has 4 nitrogen and oxygen atoms in total. The SMILES string of the molecule is CCCOc1cc(C)c(C)cc1S(=O)(=O)NC(C)C. The Morgan fingerprint density at radius 2 is 1.79 bits per heavy atom. The zero-order valence-corrected chi connectivity index (χ0v) is 13.1. The van der Waals surface area contributed by atoms with E-state index >= 15 is 0 Å². The molecule has 1 aromatic rings. The number of nitrogens with one attached hydrogen (secondary N) is 1. The van der Waals surface area contributed by atoms with Crippen molar-refractivity contribution in [1.82, 2.24) is 4.72 Å². The molecule has 0 heterocycles. The van der Waals surface area contributed by atoms with Crippen LogP contribution in [0.3, 0.4) is 0 Å².